The third kappa shape index (κ3) is 2.92. The maximum atomic E-state index is 13.3. The predicted molar refractivity (Wildman–Crippen MR) is 94.7 cm³/mol. The highest BCUT2D eigenvalue weighted by Gasteiger charge is 2.26. The van der Waals surface area contributed by atoms with E-state index >= 15 is 0 Å². The van der Waals surface area contributed by atoms with Crippen LogP contribution in [0.5, 0.6) is 0 Å². The van der Waals surface area contributed by atoms with E-state index in [-0.39, 0.29) is 17.4 Å². The summed E-state index contributed by atoms with van der Waals surface area (Å²) >= 11 is 0. The number of likely N-dealkylation sites (tertiary alicyclic amines) is 1. The molecule has 1 aromatic carbocycles. The van der Waals surface area contributed by atoms with Gasteiger partial charge in [-0.25, -0.2) is 9.37 Å². The summed E-state index contributed by atoms with van der Waals surface area (Å²) in [7, 11) is 0. The molecule has 2 aromatic heterocycles. The number of hydrogen-bond donors (Lipinski definition) is 1. The molecule has 3 heterocycles. The lowest BCUT2D eigenvalue weighted by Gasteiger charge is -2.13. The molecule has 26 heavy (non-hydrogen) atoms. The number of benzene rings is 1. The van der Waals surface area contributed by atoms with Gasteiger partial charge in [0.15, 0.2) is 5.69 Å². The van der Waals surface area contributed by atoms with E-state index in [1.807, 2.05) is 0 Å². The summed E-state index contributed by atoms with van der Waals surface area (Å²) in [6.07, 6.45) is 3.64. The van der Waals surface area contributed by atoms with E-state index in [0.717, 1.165) is 12.8 Å². The molecule has 2 amide bonds. The molecule has 1 saturated heterocycles. The molecule has 6 nitrogen and oxygen atoms in total. The molecule has 0 spiro atoms. The standard InChI is InChI=1S/C19H17FN4O2/c20-13-6-5-7-14(12-13)21-18(25)17-22-16(15-8-1-2-11-24(15)17)19(26)23-9-3-4-10-23/h1-2,5-8,11-12H,3-4,9-10H2,(H,21,25). The molecular weight excluding hydrogens is 335 g/mol. The van der Waals surface area contributed by atoms with Crippen molar-refractivity contribution in [3.8, 4) is 0 Å². The molecule has 1 fully saturated rings. The highest BCUT2D eigenvalue weighted by Crippen LogP contribution is 2.19. The van der Waals surface area contributed by atoms with Crippen LogP contribution in [0.1, 0.15) is 33.9 Å². The van der Waals surface area contributed by atoms with Crippen molar-refractivity contribution in [1.29, 1.82) is 0 Å². The van der Waals surface area contributed by atoms with Gasteiger partial charge in [-0.2, -0.15) is 0 Å². The maximum Gasteiger partial charge on any atom is 0.292 e. The van der Waals surface area contributed by atoms with Crippen LogP contribution >= 0.6 is 0 Å². The Morgan fingerprint density at radius 1 is 1.08 bits per heavy atom. The molecule has 0 saturated carbocycles. The first-order valence-electron chi connectivity index (χ1n) is 8.47. The molecule has 0 atom stereocenters. The van der Waals surface area contributed by atoms with E-state index in [1.54, 1.807) is 39.8 Å². The van der Waals surface area contributed by atoms with Crippen LogP contribution in [0.15, 0.2) is 48.7 Å². The molecule has 0 unspecified atom stereocenters. The van der Waals surface area contributed by atoms with Crippen molar-refractivity contribution in [2.45, 2.75) is 12.8 Å². The normalized spacial score (nSPS) is 14.0. The minimum Gasteiger partial charge on any atom is -0.337 e. The highest BCUT2D eigenvalue weighted by atomic mass is 19.1. The first-order chi connectivity index (χ1) is 12.6. The van der Waals surface area contributed by atoms with E-state index in [4.69, 9.17) is 0 Å². The number of carbonyl (C=O) groups excluding carboxylic acids is 2. The zero-order valence-corrected chi connectivity index (χ0v) is 14.0. The molecule has 132 valence electrons. The van der Waals surface area contributed by atoms with Crippen molar-refractivity contribution >= 4 is 23.0 Å². The lowest BCUT2D eigenvalue weighted by Crippen LogP contribution is -2.28. The van der Waals surface area contributed by atoms with Crippen molar-refractivity contribution in [3.05, 3.63) is 66.0 Å². The van der Waals surface area contributed by atoms with Gasteiger partial charge in [0.05, 0.1) is 5.52 Å². The number of fused-ring (bicyclic) bond motifs is 1. The Hall–Kier alpha value is -3.22. The van der Waals surface area contributed by atoms with Crippen molar-refractivity contribution in [3.63, 3.8) is 0 Å². The van der Waals surface area contributed by atoms with Crippen LogP contribution in [0.4, 0.5) is 10.1 Å². The van der Waals surface area contributed by atoms with Gasteiger partial charge in [0, 0.05) is 25.0 Å². The number of nitrogens with one attached hydrogen (secondary N) is 1. The monoisotopic (exact) mass is 352 g/mol. The van der Waals surface area contributed by atoms with Gasteiger partial charge in [0.2, 0.25) is 5.82 Å². The van der Waals surface area contributed by atoms with Gasteiger partial charge in [-0.05, 0) is 43.2 Å². The molecule has 1 aliphatic heterocycles. The van der Waals surface area contributed by atoms with Gasteiger partial charge in [0.25, 0.3) is 11.8 Å². The van der Waals surface area contributed by atoms with Gasteiger partial charge >= 0.3 is 0 Å². The van der Waals surface area contributed by atoms with E-state index in [9.17, 15) is 14.0 Å². The van der Waals surface area contributed by atoms with E-state index in [2.05, 4.69) is 10.3 Å². The van der Waals surface area contributed by atoms with Crippen LogP contribution in [0.2, 0.25) is 0 Å². The highest BCUT2D eigenvalue weighted by molar-refractivity contribution is 6.06. The van der Waals surface area contributed by atoms with Crippen LogP contribution in [0.25, 0.3) is 5.52 Å². The Kier molecular flexibility index (Phi) is 4.12. The lowest BCUT2D eigenvalue weighted by molar-refractivity contribution is 0.0789. The van der Waals surface area contributed by atoms with Crippen molar-refractivity contribution in [1.82, 2.24) is 14.3 Å². The summed E-state index contributed by atoms with van der Waals surface area (Å²) in [5.41, 5.74) is 1.17. The molecule has 0 bridgehead atoms. The molecule has 7 heteroatoms. The minimum absolute atomic E-state index is 0.0902. The van der Waals surface area contributed by atoms with Gasteiger partial charge in [0.1, 0.15) is 5.82 Å². The first-order valence-corrected chi connectivity index (χ1v) is 8.47. The Bertz CT molecular complexity index is 992. The van der Waals surface area contributed by atoms with Gasteiger partial charge in [-0.3, -0.25) is 14.0 Å². The second kappa shape index (κ2) is 6.59. The molecule has 4 rings (SSSR count). The number of aromatic nitrogens is 2. The SMILES string of the molecule is O=C(Nc1cccc(F)c1)c1nc(C(=O)N2CCCC2)c2ccccn12. The van der Waals surface area contributed by atoms with Gasteiger partial charge in [-0.15, -0.1) is 0 Å². The predicted octanol–water partition coefficient (Wildman–Crippen LogP) is 2.96. The van der Waals surface area contributed by atoms with Crippen molar-refractivity contribution in [2.75, 3.05) is 18.4 Å². The number of nitrogens with zero attached hydrogens (tertiary/aromatic N) is 3. The summed E-state index contributed by atoms with van der Waals surface area (Å²) in [6.45, 7) is 1.41. The fraction of sp³-hybridized carbons (Fsp3) is 0.211. The first kappa shape index (κ1) is 16.3. The number of halogens is 1. The Labute approximate surface area is 149 Å². The van der Waals surface area contributed by atoms with Crippen LogP contribution in [0.3, 0.4) is 0 Å². The average molecular weight is 352 g/mol. The largest absolute Gasteiger partial charge is 0.337 e. The average Bonchev–Trinajstić information content (AvgIpc) is 3.29. The summed E-state index contributed by atoms with van der Waals surface area (Å²) in [5, 5.41) is 2.63. The molecule has 3 aromatic rings. The molecule has 0 radical (unpaired) electrons. The lowest BCUT2D eigenvalue weighted by atomic mass is 10.3. The van der Waals surface area contributed by atoms with Crippen molar-refractivity contribution < 1.29 is 14.0 Å². The van der Waals surface area contributed by atoms with Crippen LogP contribution in [-0.2, 0) is 0 Å². The molecular formula is C19H17FN4O2. The summed E-state index contributed by atoms with van der Waals surface area (Å²) in [5.74, 6) is -1.03. The smallest absolute Gasteiger partial charge is 0.292 e. The number of carbonyl (C=O) groups is 2. The van der Waals surface area contributed by atoms with Crippen LogP contribution in [0, 0.1) is 5.82 Å². The Morgan fingerprint density at radius 3 is 2.65 bits per heavy atom. The third-order valence-corrected chi connectivity index (χ3v) is 4.43. The summed E-state index contributed by atoms with van der Waals surface area (Å²) < 4.78 is 14.9. The Morgan fingerprint density at radius 2 is 1.88 bits per heavy atom. The molecule has 1 aliphatic rings. The van der Waals surface area contributed by atoms with Crippen LogP contribution in [-0.4, -0.2) is 39.2 Å². The maximum absolute atomic E-state index is 13.3. The molecule has 1 N–H and O–H groups in total. The van der Waals surface area contributed by atoms with E-state index < -0.39 is 11.7 Å². The number of rotatable bonds is 3. The minimum atomic E-state index is -0.503. The fourth-order valence-electron chi connectivity index (χ4n) is 3.18. The van der Waals surface area contributed by atoms with Gasteiger partial charge < -0.3 is 10.2 Å². The summed E-state index contributed by atoms with van der Waals surface area (Å²) in [6, 6.07) is 10.9. The number of hydrogen-bond acceptors (Lipinski definition) is 3. The third-order valence-electron chi connectivity index (χ3n) is 4.43. The van der Waals surface area contributed by atoms with Crippen molar-refractivity contribution in [2.24, 2.45) is 0 Å². The second-order valence-corrected chi connectivity index (χ2v) is 6.20. The number of imidazole rings is 1. The number of amides is 2. The summed E-state index contributed by atoms with van der Waals surface area (Å²) in [4.78, 5) is 31.5. The quantitative estimate of drug-likeness (QED) is 0.788. The zero-order chi connectivity index (χ0) is 18.1. The number of anilines is 1. The topological polar surface area (TPSA) is 66.7 Å². The van der Waals surface area contributed by atoms with Gasteiger partial charge in [-0.1, -0.05) is 12.1 Å². The molecule has 0 aliphatic carbocycles. The van der Waals surface area contributed by atoms with E-state index in [1.165, 1.54) is 18.2 Å². The fourth-order valence-corrected chi connectivity index (χ4v) is 3.18. The Balaban J connectivity index is 1.71. The van der Waals surface area contributed by atoms with Crippen LogP contribution < -0.4 is 5.32 Å². The number of pyridine rings is 1. The van der Waals surface area contributed by atoms with E-state index in [0.29, 0.717) is 24.3 Å². The zero-order valence-electron chi connectivity index (χ0n) is 14.0. The second-order valence-electron chi connectivity index (χ2n) is 6.20.